The van der Waals surface area contributed by atoms with Crippen LogP contribution in [-0.4, -0.2) is 37.1 Å². The first kappa shape index (κ1) is 7.54. The highest BCUT2D eigenvalue weighted by Gasteiger charge is 2.13. The molecule has 0 N–H and O–H groups in total. The van der Waals surface area contributed by atoms with Crippen LogP contribution in [0.3, 0.4) is 0 Å². The molecule has 0 aliphatic carbocycles. The quantitative estimate of drug-likeness (QED) is 0.526. The molecule has 3 nitrogen and oxygen atoms in total. The predicted molar refractivity (Wildman–Crippen MR) is 37.7 cm³/mol. The molecule has 1 heterocycles. The van der Waals surface area contributed by atoms with E-state index in [1.165, 1.54) is 0 Å². The van der Waals surface area contributed by atoms with Crippen molar-refractivity contribution < 1.29 is 9.53 Å². The van der Waals surface area contributed by atoms with E-state index in [0.29, 0.717) is 19.6 Å². The summed E-state index contributed by atoms with van der Waals surface area (Å²) in [5.41, 5.74) is 0. The molecular formula is C7H13NO2. The van der Waals surface area contributed by atoms with Crippen LogP contribution in [0.4, 0.5) is 0 Å². The molecule has 58 valence electrons. The first-order chi connectivity index (χ1) is 4.84. The number of carbonyl (C=O) groups excluding carboxylic acids is 1. The van der Waals surface area contributed by atoms with Crippen LogP contribution in [0.2, 0.25) is 0 Å². The highest BCUT2D eigenvalue weighted by molar-refractivity contribution is 5.75. The zero-order chi connectivity index (χ0) is 7.40. The topological polar surface area (TPSA) is 29.5 Å². The SMILES string of the molecule is CCC(=O)N1CCOCC1. The third-order valence-corrected chi connectivity index (χ3v) is 1.67. The molecular weight excluding hydrogens is 130 g/mol. The third-order valence-electron chi connectivity index (χ3n) is 1.67. The van der Waals surface area contributed by atoms with Crippen molar-refractivity contribution in [3.05, 3.63) is 0 Å². The summed E-state index contributed by atoms with van der Waals surface area (Å²) >= 11 is 0. The van der Waals surface area contributed by atoms with E-state index in [1.54, 1.807) is 0 Å². The van der Waals surface area contributed by atoms with Crippen molar-refractivity contribution in [1.29, 1.82) is 0 Å². The molecule has 1 aliphatic rings. The Labute approximate surface area is 61.0 Å². The number of hydrogen-bond donors (Lipinski definition) is 0. The summed E-state index contributed by atoms with van der Waals surface area (Å²) in [4.78, 5) is 12.9. The molecule has 0 aromatic carbocycles. The van der Waals surface area contributed by atoms with Gasteiger partial charge >= 0.3 is 0 Å². The van der Waals surface area contributed by atoms with Gasteiger partial charge in [-0.15, -0.1) is 0 Å². The molecule has 0 atom stereocenters. The average Bonchev–Trinajstić information content (AvgIpc) is 2.05. The van der Waals surface area contributed by atoms with Crippen LogP contribution in [0, 0.1) is 0 Å². The van der Waals surface area contributed by atoms with E-state index >= 15 is 0 Å². The molecule has 1 fully saturated rings. The van der Waals surface area contributed by atoms with Crippen LogP contribution in [0.5, 0.6) is 0 Å². The molecule has 0 aromatic rings. The second-order valence-electron chi connectivity index (χ2n) is 2.35. The Balaban J connectivity index is 2.31. The van der Waals surface area contributed by atoms with Gasteiger partial charge in [-0.05, 0) is 0 Å². The number of morpholine rings is 1. The van der Waals surface area contributed by atoms with Gasteiger partial charge in [0.15, 0.2) is 0 Å². The van der Waals surface area contributed by atoms with Crippen molar-refractivity contribution in [2.45, 2.75) is 13.3 Å². The molecule has 3 heteroatoms. The predicted octanol–water partition coefficient (Wildman–Crippen LogP) is 0.255. The van der Waals surface area contributed by atoms with Gasteiger partial charge in [-0.2, -0.15) is 0 Å². The van der Waals surface area contributed by atoms with E-state index in [2.05, 4.69) is 0 Å². The second-order valence-corrected chi connectivity index (χ2v) is 2.35. The van der Waals surface area contributed by atoms with Crippen molar-refractivity contribution in [1.82, 2.24) is 4.90 Å². The van der Waals surface area contributed by atoms with Crippen LogP contribution in [0.25, 0.3) is 0 Å². The fourth-order valence-corrected chi connectivity index (χ4v) is 1.04. The van der Waals surface area contributed by atoms with Crippen molar-refractivity contribution in [2.75, 3.05) is 26.3 Å². The molecule has 10 heavy (non-hydrogen) atoms. The Hall–Kier alpha value is -0.570. The maximum absolute atomic E-state index is 11.0. The minimum absolute atomic E-state index is 0.239. The molecule has 1 saturated heterocycles. The van der Waals surface area contributed by atoms with Gasteiger partial charge in [0.25, 0.3) is 0 Å². The van der Waals surface area contributed by atoms with Crippen LogP contribution >= 0.6 is 0 Å². The van der Waals surface area contributed by atoms with Crippen molar-refractivity contribution in [2.24, 2.45) is 0 Å². The van der Waals surface area contributed by atoms with Gasteiger partial charge in [-0.25, -0.2) is 0 Å². The molecule has 0 spiro atoms. The molecule has 0 aromatic heterocycles. The lowest BCUT2D eigenvalue weighted by Gasteiger charge is -2.26. The second kappa shape index (κ2) is 3.56. The van der Waals surface area contributed by atoms with E-state index in [1.807, 2.05) is 11.8 Å². The summed E-state index contributed by atoms with van der Waals surface area (Å²) in [6.45, 7) is 4.83. The summed E-state index contributed by atoms with van der Waals surface area (Å²) in [6, 6.07) is 0. The first-order valence-corrected chi connectivity index (χ1v) is 3.70. The van der Waals surface area contributed by atoms with Gasteiger partial charge in [-0.1, -0.05) is 6.92 Å². The summed E-state index contributed by atoms with van der Waals surface area (Å²) in [7, 11) is 0. The number of rotatable bonds is 1. The Bertz CT molecular complexity index is 119. The highest BCUT2D eigenvalue weighted by Crippen LogP contribution is 1.98. The number of ether oxygens (including phenoxy) is 1. The Morgan fingerprint density at radius 1 is 1.50 bits per heavy atom. The molecule has 0 saturated carbocycles. The van der Waals surface area contributed by atoms with Gasteiger partial charge in [0.05, 0.1) is 13.2 Å². The molecule has 1 amide bonds. The average molecular weight is 143 g/mol. The van der Waals surface area contributed by atoms with Crippen LogP contribution < -0.4 is 0 Å². The monoisotopic (exact) mass is 143 g/mol. The van der Waals surface area contributed by atoms with Gasteiger partial charge in [0.1, 0.15) is 0 Å². The lowest BCUT2D eigenvalue weighted by Crippen LogP contribution is -2.40. The standard InChI is InChI=1S/C7H13NO2/c1-2-7(9)8-3-5-10-6-4-8/h2-6H2,1H3. The largest absolute Gasteiger partial charge is 0.378 e. The summed E-state index contributed by atoms with van der Waals surface area (Å²) in [6.07, 6.45) is 0.611. The Morgan fingerprint density at radius 3 is 2.60 bits per heavy atom. The Morgan fingerprint density at radius 2 is 2.10 bits per heavy atom. The summed E-state index contributed by atoms with van der Waals surface area (Å²) in [5, 5.41) is 0. The summed E-state index contributed by atoms with van der Waals surface area (Å²) in [5.74, 6) is 0.239. The third kappa shape index (κ3) is 1.70. The van der Waals surface area contributed by atoms with Gasteiger partial charge in [0, 0.05) is 19.5 Å². The van der Waals surface area contributed by atoms with Crippen molar-refractivity contribution in [3.63, 3.8) is 0 Å². The van der Waals surface area contributed by atoms with E-state index < -0.39 is 0 Å². The van der Waals surface area contributed by atoms with Crippen LogP contribution in [-0.2, 0) is 9.53 Å². The zero-order valence-electron chi connectivity index (χ0n) is 6.30. The van der Waals surface area contributed by atoms with E-state index in [-0.39, 0.29) is 5.91 Å². The smallest absolute Gasteiger partial charge is 0.222 e. The minimum atomic E-state index is 0.239. The van der Waals surface area contributed by atoms with Crippen LogP contribution in [0.1, 0.15) is 13.3 Å². The normalized spacial score (nSPS) is 19.1. The zero-order valence-corrected chi connectivity index (χ0v) is 6.30. The Kier molecular flexibility index (Phi) is 2.68. The minimum Gasteiger partial charge on any atom is -0.378 e. The van der Waals surface area contributed by atoms with Crippen molar-refractivity contribution >= 4 is 5.91 Å². The van der Waals surface area contributed by atoms with E-state index in [0.717, 1.165) is 13.1 Å². The highest BCUT2D eigenvalue weighted by atomic mass is 16.5. The first-order valence-electron chi connectivity index (χ1n) is 3.70. The maximum Gasteiger partial charge on any atom is 0.222 e. The van der Waals surface area contributed by atoms with E-state index in [4.69, 9.17) is 4.74 Å². The lowest BCUT2D eigenvalue weighted by atomic mass is 10.3. The lowest BCUT2D eigenvalue weighted by molar-refractivity contribution is -0.134. The maximum atomic E-state index is 11.0. The molecule has 0 unspecified atom stereocenters. The summed E-state index contributed by atoms with van der Waals surface area (Å²) < 4.78 is 5.10. The molecule has 0 bridgehead atoms. The van der Waals surface area contributed by atoms with Crippen molar-refractivity contribution in [3.8, 4) is 0 Å². The molecule has 1 aliphatic heterocycles. The number of carbonyl (C=O) groups is 1. The van der Waals surface area contributed by atoms with Gasteiger partial charge in [-0.3, -0.25) is 4.79 Å². The number of hydrogen-bond acceptors (Lipinski definition) is 2. The van der Waals surface area contributed by atoms with Gasteiger partial charge < -0.3 is 9.64 Å². The number of amides is 1. The van der Waals surface area contributed by atoms with E-state index in [9.17, 15) is 4.79 Å². The molecule has 1 rings (SSSR count). The van der Waals surface area contributed by atoms with Gasteiger partial charge in [0.2, 0.25) is 5.91 Å². The number of nitrogens with zero attached hydrogens (tertiary/aromatic N) is 1. The van der Waals surface area contributed by atoms with Crippen LogP contribution in [0.15, 0.2) is 0 Å². The fourth-order valence-electron chi connectivity index (χ4n) is 1.04. The fraction of sp³-hybridized carbons (Fsp3) is 0.857. The molecule has 0 radical (unpaired) electrons.